The topological polar surface area (TPSA) is 9.23 Å². The zero-order valence-electron chi connectivity index (χ0n) is 27.7. The van der Waals surface area contributed by atoms with Gasteiger partial charge < -0.3 is 4.74 Å². The van der Waals surface area contributed by atoms with Crippen molar-refractivity contribution >= 4 is 70.2 Å². The van der Waals surface area contributed by atoms with Crippen LogP contribution in [0.15, 0.2) is 170 Å². The van der Waals surface area contributed by atoms with E-state index in [-0.39, 0.29) is 12.0 Å². The summed E-state index contributed by atoms with van der Waals surface area (Å²) >= 11 is 0. The number of benzene rings is 10. The Morgan fingerprint density at radius 1 is 0.412 bits per heavy atom. The van der Waals surface area contributed by atoms with Crippen molar-refractivity contribution in [1.82, 2.24) is 0 Å². The minimum atomic E-state index is -0.0531. The lowest BCUT2D eigenvalue weighted by Gasteiger charge is -2.21. The molecule has 10 aromatic rings. The van der Waals surface area contributed by atoms with Crippen LogP contribution in [0.3, 0.4) is 0 Å². The van der Waals surface area contributed by atoms with E-state index in [9.17, 15) is 0 Å². The fourth-order valence-corrected chi connectivity index (χ4v) is 9.35. The van der Waals surface area contributed by atoms with Crippen molar-refractivity contribution in [2.24, 2.45) is 0 Å². The molecule has 0 spiro atoms. The third kappa shape index (κ3) is 3.81. The van der Waals surface area contributed by atoms with Gasteiger partial charge in [0, 0.05) is 17.0 Å². The van der Waals surface area contributed by atoms with Crippen LogP contribution in [0.1, 0.15) is 17.0 Å². The van der Waals surface area contributed by atoms with Crippen molar-refractivity contribution in [3.8, 4) is 28.0 Å². The number of fused-ring (bicyclic) bond motifs is 3. The highest BCUT2D eigenvalue weighted by Gasteiger charge is 2.36. The number of hydrogen-bond acceptors (Lipinski definition) is 1. The molecule has 2 unspecified atom stereocenters. The Hall–Kier alpha value is -6.44. The molecule has 0 aromatic heterocycles. The first kappa shape index (κ1) is 27.4. The SMILES string of the molecule is C1=CC2Oc3c(-c4ccccc4)cc(-c4ccc5ccc6cccc7ccc4c5c67)cc3C2C=C1c1ccc2ccc3cccc4ccc1c2c34. The van der Waals surface area contributed by atoms with E-state index in [1.54, 1.807) is 0 Å². The first-order valence-electron chi connectivity index (χ1n) is 17.9. The van der Waals surface area contributed by atoms with Crippen LogP contribution in [0, 0.1) is 0 Å². The third-order valence-corrected chi connectivity index (χ3v) is 11.7. The molecule has 0 bridgehead atoms. The van der Waals surface area contributed by atoms with Crippen molar-refractivity contribution in [2.75, 3.05) is 0 Å². The van der Waals surface area contributed by atoms with Crippen LogP contribution in [-0.2, 0) is 0 Å². The van der Waals surface area contributed by atoms with Gasteiger partial charge in [-0.2, -0.15) is 0 Å². The highest BCUT2D eigenvalue weighted by atomic mass is 16.5. The molecule has 0 saturated carbocycles. The summed E-state index contributed by atoms with van der Waals surface area (Å²) in [4.78, 5) is 0. The molecule has 236 valence electrons. The molecule has 12 rings (SSSR count). The zero-order valence-corrected chi connectivity index (χ0v) is 27.7. The van der Waals surface area contributed by atoms with Gasteiger partial charge in [0.2, 0.25) is 0 Å². The van der Waals surface area contributed by atoms with Gasteiger partial charge in [0.1, 0.15) is 11.9 Å². The van der Waals surface area contributed by atoms with Gasteiger partial charge in [-0.15, -0.1) is 0 Å². The van der Waals surface area contributed by atoms with E-state index in [0.717, 1.165) is 11.3 Å². The average molecular weight is 647 g/mol. The molecule has 0 saturated heterocycles. The maximum Gasteiger partial charge on any atom is 0.132 e. The van der Waals surface area contributed by atoms with Crippen molar-refractivity contribution in [3.05, 3.63) is 181 Å². The maximum absolute atomic E-state index is 6.90. The summed E-state index contributed by atoms with van der Waals surface area (Å²) in [5.41, 5.74) is 8.58. The van der Waals surface area contributed by atoms with Crippen molar-refractivity contribution < 1.29 is 4.74 Å². The Balaban J connectivity index is 1.08. The summed E-state index contributed by atoms with van der Waals surface area (Å²) in [5, 5.41) is 15.7. The fourth-order valence-electron chi connectivity index (χ4n) is 9.35. The molecule has 51 heavy (non-hydrogen) atoms. The van der Waals surface area contributed by atoms with Gasteiger partial charge in [-0.3, -0.25) is 0 Å². The average Bonchev–Trinajstić information content (AvgIpc) is 3.57. The van der Waals surface area contributed by atoms with Crippen LogP contribution < -0.4 is 4.74 Å². The monoisotopic (exact) mass is 646 g/mol. The Labute approximate surface area is 295 Å². The lowest BCUT2D eigenvalue weighted by atomic mass is 9.82. The van der Waals surface area contributed by atoms with Gasteiger partial charge in [-0.1, -0.05) is 152 Å². The Kier molecular flexibility index (Phi) is 5.40. The minimum absolute atomic E-state index is 0.0531. The smallest absolute Gasteiger partial charge is 0.132 e. The van der Waals surface area contributed by atoms with E-state index in [4.69, 9.17) is 4.74 Å². The summed E-state index contributed by atoms with van der Waals surface area (Å²) in [6.45, 7) is 0. The van der Waals surface area contributed by atoms with Crippen LogP contribution in [0.2, 0.25) is 0 Å². The van der Waals surface area contributed by atoms with Crippen LogP contribution in [0.5, 0.6) is 5.75 Å². The minimum Gasteiger partial charge on any atom is -0.484 e. The van der Waals surface area contributed by atoms with Gasteiger partial charge in [0.15, 0.2) is 0 Å². The predicted octanol–water partition coefficient (Wildman–Crippen LogP) is 13.3. The first-order valence-corrected chi connectivity index (χ1v) is 17.9. The van der Waals surface area contributed by atoms with Crippen molar-refractivity contribution in [2.45, 2.75) is 12.0 Å². The van der Waals surface area contributed by atoms with E-state index in [1.807, 2.05) is 0 Å². The van der Waals surface area contributed by atoms with E-state index >= 15 is 0 Å². The second-order valence-corrected chi connectivity index (χ2v) is 14.3. The second-order valence-electron chi connectivity index (χ2n) is 14.3. The molecule has 0 radical (unpaired) electrons. The van der Waals surface area contributed by atoms with Crippen LogP contribution in [0.25, 0.3) is 92.5 Å². The summed E-state index contributed by atoms with van der Waals surface area (Å²) < 4.78 is 6.90. The maximum atomic E-state index is 6.90. The lowest BCUT2D eigenvalue weighted by molar-refractivity contribution is 0.270. The van der Waals surface area contributed by atoms with E-state index in [0.29, 0.717) is 0 Å². The van der Waals surface area contributed by atoms with E-state index in [2.05, 4.69) is 170 Å². The van der Waals surface area contributed by atoms with Gasteiger partial charge in [0.05, 0.1) is 0 Å². The standard InChI is InChI=1S/C50H30O/c1-2-6-29(7-3-1)42-27-37(39-22-17-35-15-13-31-9-5-11-33-19-24-41(39)49(35)47(31)33)28-44-43-26-36(20-25-45(43)51-50(42)44)38-21-16-34-14-12-30-8-4-10-32-18-23-40(38)48(34)46(30)32/h1-28,43,45H. The highest BCUT2D eigenvalue weighted by Crippen LogP contribution is 2.51. The molecule has 0 amide bonds. The molecular formula is C50H30O. The van der Waals surface area contributed by atoms with Crippen LogP contribution >= 0.6 is 0 Å². The third-order valence-electron chi connectivity index (χ3n) is 11.7. The molecular weight excluding hydrogens is 617 g/mol. The summed E-state index contributed by atoms with van der Waals surface area (Å²) in [7, 11) is 0. The summed E-state index contributed by atoms with van der Waals surface area (Å²) in [6, 6.07) is 56.2. The molecule has 10 aromatic carbocycles. The van der Waals surface area contributed by atoms with Crippen LogP contribution in [0.4, 0.5) is 0 Å². The largest absolute Gasteiger partial charge is 0.484 e. The molecule has 1 heterocycles. The van der Waals surface area contributed by atoms with Crippen LogP contribution in [-0.4, -0.2) is 6.10 Å². The summed E-state index contributed by atoms with van der Waals surface area (Å²) in [6.07, 6.45) is 6.97. The Bertz CT molecular complexity index is 3080. The number of ether oxygens (including phenoxy) is 1. The van der Waals surface area contributed by atoms with Gasteiger partial charge >= 0.3 is 0 Å². The highest BCUT2D eigenvalue weighted by molar-refractivity contribution is 6.26. The Morgan fingerprint density at radius 3 is 1.61 bits per heavy atom. The first-order chi connectivity index (χ1) is 25.3. The lowest BCUT2D eigenvalue weighted by Crippen LogP contribution is -2.17. The predicted molar refractivity (Wildman–Crippen MR) is 215 cm³/mol. The molecule has 0 N–H and O–H groups in total. The second kappa shape index (κ2) is 10.1. The number of allylic oxidation sites excluding steroid dienone is 2. The molecule has 0 fully saturated rings. The molecule has 1 nitrogen and oxygen atoms in total. The number of rotatable bonds is 3. The molecule has 1 aliphatic carbocycles. The Morgan fingerprint density at radius 2 is 0.961 bits per heavy atom. The fraction of sp³-hybridized carbons (Fsp3) is 0.0400. The van der Waals surface area contributed by atoms with E-state index < -0.39 is 0 Å². The normalized spacial score (nSPS) is 16.8. The summed E-state index contributed by atoms with van der Waals surface area (Å²) in [5.74, 6) is 1.09. The number of hydrogen-bond donors (Lipinski definition) is 0. The molecule has 1 heteroatoms. The van der Waals surface area contributed by atoms with Gasteiger partial charge in [-0.05, 0) is 111 Å². The molecule has 2 aliphatic rings. The quantitative estimate of drug-likeness (QED) is 0.174. The van der Waals surface area contributed by atoms with E-state index in [1.165, 1.54) is 98.0 Å². The zero-order chi connectivity index (χ0) is 33.2. The molecule has 2 atom stereocenters. The molecule has 1 aliphatic heterocycles. The van der Waals surface area contributed by atoms with Gasteiger partial charge in [0.25, 0.3) is 0 Å². The van der Waals surface area contributed by atoms with Crippen molar-refractivity contribution in [1.29, 1.82) is 0 Å². The van der Waals surface area contributed by atoms with Gasteiger partial charge in [-0.25, -0.2) is 0 Å². The van der Waals surface area contributed by atoms with Crippen molar-refractivity contribution in [3.63, 3.8) is 0 Å².